The largest absolute Gasteiger partial charge is 0.340 e. The van der Waals surface area contributed by atoms with Gasteiger partial charge >= 0.3 is 0 Å². The lowest BCUT2D eigenvalue weighted by atomic mass is 10.2. The first-order valence-electron chi connectivity index (χ1n) is 9.80. The van der Waals surface area contributed by atoms with E-state index in [-0.39, 0.29) is 5.91 Å². The van der Waals surface area contributed by atoms with Crippen LogP contribution in [0.5, 0.6) is 0 Å². The predicted octanol–water partition coefficient (Wildman–Crippen LogP) is 2.10. The number of amides is 1. The molecule has 0 aliphatic carbocycles. The lowest BCUT2D eigenvalue weighted by Gasteiger charge is -2.33. The van der Waals surface area contributed by atoms with Crippen molar-refractivity contribution in [3.8, 4) is 0 Å². The van der Waals surface area contributed by atoms with Crippen LogP contribution in [0.2, 0.25) is 0 Å². The molecule has 1 aromatic heterocycles. The van der Waals surface area contributed by atoms with Crippen LogP contribution in [0.25, 0.3) is 6.08 Å². The summed E-state index contributed by atoms with van der Waals surface area (Å²) in [6.45, 7) is 3.36. The summed E-state index contributed by atoms with van der Waals surface area (Å²) in [7, 11) is -3.50. The Balaban J connectivity index is 1.44. The van der Waals surface area contributed by atoms with Crippen molar-refractivity contribution in [2.24, 2.45) is 0 Å². The maximum Gasteiger partial charge on any atom is 0.236 e. The molecule has 9 heteroatoms. The number of aromatic nitrogens is 2. The Labute approximate surface area is 171 Å². The Kier molecular flexibility index (Phi) is 7.16. The van der Waals surface area contributed by atoms with Crippen molar-refractivity contribution in [3.05, 3.63) is 53.0 Å². The average molecular weight is 419 g/mol. The van der Waals surface area contributed by atoms with Crippen molar-refractivity contribution < 1.29 is 17.7 Å². The quantitative estimate of drug-likeness (QED) is 0.651. The first kappa shape index (κ1) is 21.2. The first-order chi connectivity index (χ1) is 14.0. The summed E-state index contributed by atoms with van der Waals surface area (Å²) in [5.41, 5.74) is 0.831. The normalized spacial score (nSPS) is 15.8. The number of carbonyl (C=O) groups is 1. The Morgan fingerprint density at radius 2 is 1.90 bits per heavy atom. The monoisotopic (exact) mass is 418 g/mol. The third-order valence-electron chi connectivity index (χ3n) is 4.79. The number of rotatable bonds is 8. The predicted molar refractivity (Wildman–Crippen MR) is 109 cm³/mol. The second-order valence-corrected chi connectivity index (χ2v) is 8.67. The molecule has 1 aliphatic rings. The fourth-order valence-corrected chi connectivity index (χ4v) is 4.26. The fraction of sp³-hybridized carbons (Fsp3) is 0.450. The summed E-state index contributed by atoms with van der Waals surface area (Å²) in [5, 5.41) is 5.07. The molecule has 156 valence electrons. The highest BCUT2D eigenvalue weighted by Crippen LogP contribution is 2.13. The fourth-order valence-electron chi connectivity index (χ4n) is 3.09. The van der Waals surface area contributed by atoms with Gasteiger partial charge in [0.05, 0.1) is 0 Å². The van der Waals surface area contributed by atoms with Gasteiger partial charge in [-0.1, -0.05) is 42.4 Å². The zero-order chi connectivity index (χ0) is 20.7. The van der Waals surface area contributed by atoms with Gasteiger partial charge in [0, 0.05) is 50.8 Å². The molecule has 1 amide bonds. The number of hydrogen-bond acceptors (Lipinski definition) is 6. The molecule has 0 radical (unpaired) electrons. The summed E-state index contributed by atoms with van der Waals surface area (Å²) < 4.78 is 31.5. The van der Waals surface area contributed by atoms with Crippen molar-refractivity contribution in [3.63, 3.8) is 0 Å². The number of aryl methyl sites for hydroxylation is 2. The Morgan fingerprint density at radius 3 is 2.55 bits per heavy atom. The summed E-state index contributed by atoms with van der Waals surface area (Å²) in [6.07, 6.45) is 3.88. The van der Waals surface area contributed by atoms with Gasteiger partial charge in [0.2, 0.25) is 21.8 Å². The minimum atomic E-state index is -3.50. The third-order valence-corrected chi connectivity index (χ3v) is 6.36. The lowest BCUT2D eigenvalue weighted by molar-refractivity contribution is -0.132. The smallest absolute Gasteiger partial charge is 0.236 e. The van der Waals surface area contributed by atoms with E-state index in [1.807, 2.05) is 37.3 Å². The van der Waals surface area contributed by atoms with Gasteiger partial charge in [-0.3, -0.25) is 4.79 Å². The van der Waals surface area contributed by atoms with Crippen LogP contribution in [0.1, 0.15) is 37.0 Å². The van der Waals surface area contributed by atoms with E-state index in [0.29, 0.717) is 57.2 Å². The van der Waals surface area contributed by atoms with Crippen molar-refractivity contribution in [1.29, 1.82) is 0 Å². The maximum atomic E-state index is 12.5. The van der Waals surface area contributed by atoms with Gasteiger partial charge in [-0.25, -0.2) is 8.42 Å². The molecule has 0 unspecified atom stereocenters. The van der Waals surface area contributed by atoms with E-state index < -0.39 is 10.0 Å². The Hall–Kier alpha value is -2.52. The summed E-state index contributed by atoms with van der Waals surface area (Å²) >= 11 is 0. The molecule has 0 N–H and O–H groups in total. The molecule has 1 aromatic carbocycles. The van der Waals surface area contributed by atoms with E-state index in [4.69, 9.17) is 4.52 Å². The van der Waals surface area contributed by atoms with Crippen molar-refractivity contribution in [2.45, 2.75) is 32.6 Å². The zero-order valence-corrected chi connectivity index (χ0v) is 17.3. The van der Waals surface area contributed by atoms with Gasteiger partial charge in [0.25, 0.3) is 0 Å². The molecule has 29 heavy (non-hydrogen) atoms. The summed E-state index contributed by atoms with van der Waals surface area (Å²) in [5.74, 6) is 1.25. The molecule has 1 saturated heterocycles. The zero-order valence-electron chi connectivity index (χ0n) is 16.5. The molecule has 0 spiro atoms. The lowest BCUT2D eigenvalue weighted by Crippen LogP contribution is -2.50. The van der Waals surface area contributed by atoms with E-state index in [1.165, 1.54) is 9.71 Å². The van der Waals surface area contributed by atoms with Crippen molar-refractivity contribution in [2.75, 3.05) is 26.2 Å². The molecule has 2 heterocycles. The number of sulfonamides is 1. The average Bonchev–Trinajstić information content (AvgIpc) is 3.21. The number of nitrogens with zero attached hydrogens (tertiary/aromatic N) is 4. The molecule has 8 nitrogen and oxygen atoms in total. The van der Waals surface area contributed by atoms with Crippen LogP contribution in [0.3, 0.4) is 0 Å². The molecular formula is C20H26N4O4S. The minimum Gasteiger partial charge on any atom is -0.340 e. The van der Waals surface area contributed by atoms with Crippen LogP contribution >= 0.6 is 0 Å². The van der Waals surface area contributed by atoms with Crippen LogP contribution in [0, 0.1) is 0 Å². The molecule has 1 aliphatic heterocycles. The molecule has 3 rings (SSSR count). The summed E-state index contributed by atoms with van der Waals surface area (Å²) in [4.78, 5) is 18.3. The van der Waals surface area contributed by atoms with Gasteiger partial charge in [0.1, 0.15) is 0 Å². The van der Waals surface area contributed by atoms with E-state index in [1.54, 1.807) is 11.0 Å². The van der Waals surface area contributed by atoms with Crippen LogP contribution in [-0.4, -0.2) is 59.8 Å². The second-order valence-electron chi connectivity index (χ2n) is 6.85. The third kappa shape index (κ3) is 5.98. The minimum absolute atomic E-state index is 0.0251. The highest BCUT2D eigenvalue weighted by atomic mass is 32.2. The highest BCUT2D eigenvalue weighted by Gasteiger charge is 2.27. The number of hydrogen-bond donors (Lipinski definition) is 0. The highest BCUT2D eigenvalue weighted by molar-refractivity contribution is 7.92. The Bertz CT molecular complexity index is 932. The van der Waals surface area contributed by atoms with Crippen LogP contribution < -0.4 is 0 Å². The van der Waals surface area contributed by atoms with E-state index in [0.717, 1.165) is 12.0 Å². The van der Waals surface area contributed by atoms with Gasteiger partial charge < -0.3 is 9.42 Å². The molecule has 0 bridgehead atoms. The SMILES string of the molecule is CCc1noc(CCCC(=O)N2CCN(S(=O)(=O)C=Cc3ccccc3)CC2)n1. The number of piperazine rings is 1. The molecule has 2 aromatic rings. The topological polar surface area (TPSA) is 96.6 Å². The van der Waals surface area contributed by atoms with Gasteiger partial charge in [0.15, 0.2) is 5.82 Å². The van der Waals surface area contributed by atoms with Gasteiger partial charge in [-0.15, -0.1) is 0 Å². The van der Waals surface area contributed by atoms with Crippen molar-refractivity contribution in [1.82, 2.24) is 19.3 Å². The van der Waals surface area contributed by atoms with E-state index in [2.05, 4.69) is 10.1 Å². The number of benzene rings is 1. The summed E-state index contributed by atoms with van der Waals surface area (Å²) in [6, 6.07) is 9.29. The van der Waals surface area contributed by atoms with Crippen LogP contribution in [0.4, 0.5) is 0 Å². The maximum absolute atomic E-state index is 12.5. The van der Waals surface area contributed by atoms with Gasteiger partial charge in [-0.05, 0) is 18.1 Å². The van der Waals surface area contributed by atoms with Crippen LogP contribution in [-0.2, 0) is 27.7 Å². The molecule has 1 fully saturated rings. The van der Waals surface area contributed by atoms with E-state index >= 15 is 0 Å². The standard InChI is InChI=1S/C20H26N4O4S/c1-2-18-21-19(28-22-18)9-6-10-20(25)23-12-14-24(15-13-23)29(26,27)16-11-17-7-4-3-5-8-17/h3-5,7-8,11,16H,2,6,9-10,12-15H2,1H3. The van der Waals surface area contributed by atoms with Crippen LogP contribution in [0.15, 0.2) is 40.3 Å². The van der Waals surface area contributed by atoms with E-state index in [9.17, 15) is 13.2 Å². The van der Waals surface area contributed by atoms with Crippen molar-refractivity contribution >= 4 is 22.0 Å². The second kappa shape index (κ2) is 9.80. The van der Waals surface area contributed by atoms with Gasteiger partial charge in [-0.2, -0.15) is 9.29 Å². The molecule has 0 atom stereocenters. The molecular weight excluding hydrogens is 392 g/mol. The number of carbonyl (C=O) groups excluding carboxylic acids is 1. The Morgan fingerprint density at radius 1 is 1.17 bits per heavy atom. The molecule has 0 saturated carbocycles. The first-order valence-corrected chi connectivity index (χ1v) is 11.3.